The molecule has 18 heavy (non-hydrogen) atoms. The summed E-state index contributed by atoms with van der Waals surface area (Å²) < 4.78 is 9.83. The van der Waals surface area contributed by atoms with Crippen molar-refractivity contribution in [3.05, 3.63) is 0 Å². The van der Waals surface area contributed by atoms with Gasteiger partial charge in [-0.25, -0.2) is 9.59 Å². The van der Waals surface area contributed by atoms with Crippen LogP contribution < -0.4 is 0 Å². The Morgan fingerprint density at radius 1 is 0.944 bits per heavy atom. The number of ether oxygens (including phenoxy) is 2. The first kappa shape index (κ1) is 16.1. The van der Waals surface area contributed by atoms with E-state index in [0.717, 1.165) is 0 Å². The molecule has 0 N–H and O–H groups in total. The Hall–Kier alpha value is -1.94. The van der Waals surface area contributed by atoms with Crippen LogP contribution in [0.1, 0.15) is 40.5 Å². The molecule has 0 radical (unpaired) electrons. The van der Waals surface area contributed by atoms with Crippen molar-refractivity contribution >= 4 is 11.9 Å². The van der Waals surface area contributed by atoms with E-state index >= 15 is 0 Å². The quantitative estimate of drug-likeness (QED) is 0.433. The molecular weight excluding hydrogens is 232 g/mol. The van der Waals surface area contributed by atoms with Crippen LogP contribution in [-0.4, -0.2) is 23.1 Å². The van der Waals surface area contributed by atoms with Crippen LogP contribution in [0.25, 0.3) is 0 Å². The molecule has 0 heterocycles. The Balaban J connectivity index is 4.71. The Morgan fingerprint density at radius 2 is 1.22 bits per heavy atom. The average molecular weight is 250 g/mol. The average Bonchev–Trinajstić information content (AvgIpc) is 2.38. The van der Waals surface area contributed by atoms with E-state index < -0.39 is 23.1 Å². The summed E-state index contributed by atoms with van der Waals surface area (Å²) in [4.78, 5) is 23.1. The fourth-order valence-corrected chi connectivity index (χ4v) is 0.900. The van der Waals surface area contributed by atoms with Crippen molar-refractivity contribution in [1.29, 1.82) is 0 Å². The lowest BCUT2D eigenvalue weighted by atomic mass is 10.0. The van der Waals surface area contributed by atoms with Gasteiger partial charge in [-0.15, -0.1) is 12.8 Å². The molecule has 0 aliphatic carbocycles. The van der Waals surface area contributed by atoms with Gasteiger partial charge in [-0.3, -0.25) is 0 Å². The van der Waals surface area contributed by atoms with Gasteiger partial charge < -0.3 is 9.47 Å². The summed E-state index contributed by atoms with van der Waals surface area (Å²) in [6, 6.07) is 0. The number of rotatable bonds is 4. The molecule has 0 aliphatic rings. The maximum Gasteiger partial charge on any atom is 0.419 e. The maximum absolute atomic E-state index is 11.5. The van der Waals surface area contributed by atoms with Crippen LogP contribution in [0.4, 0.5) is 0 Å². The molecule has 0 fully saturated rings. The molecule has 0 aromatic carbocycles. The molecule has 2 unspecified atom stereocenters. The number of hydrogen-bond donors (Lipinski definition) is 0. The van der Waals surface area contributed by atoms with E-state index in [0.29, 0.717) is 12.8 Å². The molecule has 4 heteroatoms. The van der Waals surface area contributed by atoms with Crippen molar-refractivity contribution in [3.8, 4) is 24.7 Å². The standard InChI is InChI=1S/C14H18O4/c1-7-13(5,8-2)17-11(15)12(16)18-14(6,9-3)10-4/h1,3H,8,10H2,2,4-6H3. The van der Waals surface area contributed by atoms with Crippen molar-refractivity contribution in [2.75, 3.05) is 0 Å². The van der Waals surface area contributed by atoms with Crippen molar-refractivity contribution in [3.63, 3.8) is 0 Å². The second-order valence-corrected chi connectivity index (χ2v) is 4.24. The minimum Gasteiger partial charge on any atom is -0.438 e. The molecule has 0 saturated heterocycles. The van der Waals surface area contributed by atoms with E-state index in [4.69, 9.17) is 22.3 Å². The lowest BCUT2D eigenvalue weighted by molar-refractivity contribution is -0.179. The molecule has 0 aromatic heterocycles. The van der Waals surface area contributed by atoms with Crippen LogP contribution >= 0.6 is 0 Å². The van der Waals surface area contributed by atoms with Crippen molar-refractivity contribution in [2.24, 2.45) is 0 Å². The topological polar surface area (TPSA) is 52.6 Å². The molecule has 0 bridgehead atoms. The van der Waals surface area contributed by atoms with Crippen molar-refractivity contribution < 1.29 is 19.1 Å². The number of hydrogen-bond acceptors (Lipinski definition) is 4. The SMILES string of the molecule is C#CC(C)(CC)OC(=O)C(=O)OC(C)(C#C)CC. The first-order valence-electron chi connectivity index (χ1n) is 5.67. The number of esters is 2. The third-order valence-electron chi connectivity index (χ3n) is 2.76. The molecule has 0 rings (SSSR count). The molecule has 0 amide bonds. The van der Waals surface area contributed by atoms with Gasteiger partial charge in [0.05, 0.1) is 0 Å². The van der Waals surface area contributed by atoms with Gasteiger partial charge in [0, 0.05) is 0 Å². The van der Waals surface area contributed by atoms with Crippen LogP contribution in [0.5, 0.6) is 0 Å². The summed E-state index contributed by atoms with van der Waals surface area (Å²) in [5.74, 6) is 2.36. The van der Waals surface area contributed by atoms with E-state index in [1.807, 2.05) is 0 Å². The largest absolute Gasteiger partial charge is 0.438 e. The molecule has 0 spiro atoms. The smallest absolute Gasteiger partial charge is 0.419 e. The summed E-state index contributed by atoms with van der Waals surface area (Å²) in [5.41, 5.74) is -2.23. The molecule has 0 aliphatic heterocycles. The normalized spacial score (nSPS) is 16.3. The van der Waals surface area contributed by atoms with Crippen LogP contribution in [0.15, 0.2) is 0 Å². The van der Waals surface area contributed by atoms with Gasteiger partial charge in [-0.2, -0.15) is 0 Å². The third-order valence-corrected chi connectivity index (χ3v) is 2.76. The number of terminal acetylenes is 2. The van der Waals surface area contributed by atoms with E-state index in [-0.39, 0.29) is 0 Å². The van der Waals surface area contributed by atoms with Gasteiger partial charge in [0.2, 0.25) is 0 Å². The number of carbonyl (C=O) groups excluding carboxylic acids is 2. The first-order chi connectivity index (χ1) is 8.25. The first-order valence-corrected chi connectivity index (χ1v) is 5.67. The van der Waals surface area contributed by atoms with E-state index in [9.17, 15) is 9.59 Å². The molecule has 0 saturated carbocycles. The second kappa shape index (κ2) is 6.12. The van der Waals surface area contributed by atoms with Crippen LogP contribution in [-0.2, 0) is 19.1 Å². The van der Waals surface area contributed by atoms with Crippen molar-refractivity contribution in [1.82, 2.24) is 0 Å². The highest BCUT2D eigenvalue weighted by Crippen LogP contribution is 2.17. The van der Waals surface area contributed by atoms with E-state index in [1.165, 1.54) is 0 Å². The van der Waals surface area contributed by atoms with Gasteiger partial charge in [-0.1, -0.05) is 25.7 Å². The van der Waals surface area contributed by atoms with E-state index in [1.54, 1.807) is 27.7 Å². The Labute approximate surface area is 108 Å². The Bertz CT molecular complexity index is 372. The summed E-state index contributed by atoms with van der Waals surface area (Å²) in [6.07, 6.45) is 11.3. The van der Waals surface area contributed by atoms with Crippen LogP contribution in [0.3, 0.4) is 0 Å². The minimum atomic E-state index is -1.13. The summed E-state index contributed by atoms with van der Waals surface area (Å²) in [6.45, 7) is 6.57. The highest BCUT2D eigenvalue weighted by atomic mass is 16.6. The maximum atomic E-state index is 11.5. The monoisotopic (exact) mass is 250 g/mol. The summed E-state index contributed by atoms with van der Waals surface area (Å²) in [7, 11) is 0. The predicted molar refractivity (Wildman–Crippen MR) is 67.2 cm³/mol. The molecule has 2 atom stereocenters. The van der Waals surface area contributed by atoms with Gasteiger partial charge in [0.25, 0.3) is 0 Å². The lowest BCUT2D eigenvalue weighted by Gasteiger charge is -2.24. The van der Waals surface area contributed by atoms with Gasteiger partial charge in [-0.05, 0) is 26.7 Å². The minimum absolute atomic E-state index is 0.392. The molecule has 4 nitrogen and oxygen atoms in total. The van der Waals surface area contributed by atoms with E-state index in [2.05, 4.69) is 11.8 Å². The zero-order chi connectivity index (χ0) is 14.4. The van der Waals surface area contributed by atoms with Gasteiger partial charge >= 0.3 is 11.9 Å². The summed E-state index contributed by atoms with van der Waals surface area (Å²) >= 11 is 0. The zero-order valence-corrected chi connectivity index (χ0v) is 11.2. The Kier molecular flexibility index (Phi) is 5.46. The highest BCUT2D eigenvalue weighted by Gasteiger charge is 2.33. The predicted octanol–water partition coefficient (Wildman–Crippen LogP) is 1.68. The highest BCUT2D eigenvalue weighted by molar-refractivity contribution is 6.30. The molecular formula is C14H18O4. The second-order valence-electron chi connectivity index (χ2n) is 4.24. The van der Waals surface area contributed by atoms with Crippen LogP contribution in [0, 0.1) is 24.7 Å². The van der Waals surface area contributed by atoms with Gasteiger partial charge in [0.1, 0.15) is 0 Å². The van der Waals surface area contributed by atoms with Crippen molar-refractivity contribution in [2.45, 2.75) is 51.7 Å². The third kappa shape index (κ3) is 4.14. The lowest BCUT2D eigenvalue weighted by Crippen LogP contribution is -2.38. The Morgan fingerprint density at radius 3 is 1.39 bits per heavy atom. The van der Waals surface area contributed by atoms with Crippen LogP contribution in [0.2, 0.25) is 0 Å². The molecule has 98 valence electrons. The molecule has 0 aromatic rings. The summed E-state index contributed by atoms with van der Waals surface area (Å²) in [5, 5.41) is 0. The fraction of sp³-hybridized carbons (Fsp3) is 0.571. The fourth-order valence-electron chi connectivity index (χ4n) is 0.900. The van der Waals surface area contributed by atoms with Gasteiger partial charge in [0.15, 0.2) is 11.2 Å². The number of carbonyl (C=O) groups is 2. The zero-order valence-electron chi connectivity index (χ0n) is 11.2.